The molecule has 1 aromatic carbocycles. The average molecular weight is 254 g/mol. The lowest BCUT2D eigenvalue weighted by molar-refractivity contribution is 0.111. The highest BCUT2D eigenvalue weighted by atomic mass is 16.5. The Morgan fingerprint density at radius 2 is 2.06 bits per heavy atom. The third kappa shape index (κ3) is 3.87. The van der Waals surface area contributed by atoms with Crippen molar-refractivity contribution in [1.82, 2.24) is 5.43 Å². The van der Waals surface area contributed by atoms with Gasteiger partial charge >= 0.3 is 0 Å². The van der Waals surface area contributed by atoms with E-state index in [1.807, 2.05) is 18.2 Å². The summed E-state index contributed by atoms with van der Waals surface area (Å²) in [5.41, 5.74) is 3.70. The molecule has 1 aromatic rings. The van der Waals surface area contributed by atoms with Gasteiger partial charge in [0.05, 0.1) is 26.9 Å². The number of hydrogen-bond donors (Lipinski definition) is 2. The number of nitrogens with two attached hydrogens (primary N) is 1. The Bertz CT molecular complexity index is 358. The molecule has 5 nitrogen and oxygen atoms in total. The second kappa shape index (κ2) is 7.92. The molecule has 0 aromatic heterocycles. The molecule has 18 heavy (non-hydrogen) atoms. The summed E-state index contributed by atoms with van der Waals surface area (Å²) in [4.78, 5) is 0. The van der Waals surface area contributed by atoms with E-state index in [0.717, 1.165) is 30.1 Å². The zero-order chi connectivity index (χ0) is 13.4. The molecule has 1 atom stereocenters. The van der Waals surface area contributed by atoms with Crippen molar-refractivity contribution in [2.24, 2.45) is 5.84 Å². The number of methoxy groups -OCH3 is 2. The maximum atomic E-state index is 5.56. The maximum Gasteiger partial charge on any atom is 0.127 e. The number of nitrogens with one attached hydrogen (secondary N) is 1. The second-order valence-corrected chi connectivity index (χ2v) is 3.90. The first-order valence-corrected chi connectivity index (χ1v) is 6.02. The van der Waals surface area contributed by atoms with Gasteiger partial charge < -0.3 is 14.2 Å². The predicted octanol–water partition coefficient (Wildman–Crippen LogP) is 1.63. The molecule has 1 rings (SSSR count). The van der Waals surface area contributed by atoms with Crippen LogP contribution in [0.4, 0.5) is 0 Å². The molecule has 0 radical (unpaired) electrons. The van der Waals surface area contributed by atoms with Crippen molar-refractivity contribution >= 4 is 0 Å². The van der Waals surface area contributed by atoms with E-state index in [2.05, 4.69) is 12.3 Å². The van der Waals surface area contributed by atoms with Crippen molar-refractivity contribution in [1.29, 1.82) is 0 Å². The molecule has 0 heterocycles. The first kappa shape index (κ1) is 14.8. The number of hydrazine groups is 1. The van der Waals surface area contributed by atoms with E-state index in [1.165, 1.54) is 0 Å². The summed E-state index contributed by atoms with van der Waals surface area (Å²) in [6, 6.07) is 5.54. The van der Waals surface area contributed by atoms with Crippen molar-refractivity contribution in [2.45, 2.75) is 19.4 Å². The van der Waals surface area contributed by atoms with Crippen LogP contribution in [0.15, 0.2) is 18.2 Å². The minimum absolute atomic E-state index is 0.0996. The van der Waals surface area contributed by atoms with Crippen molar-refractivity contribution in [3.05, 3.63) is 23.8 Å². The minimum atomic E-state index is -0.0996. The van der Waals surface area contributed by atoms with E-state index in [0.29, 0.717) is 6.61 Å². The second-order valence-electron chi connectivity index (χ2n) is 3.90. The van der Waals surface area contributed by atoms with Gasteiger partial charge in [-0.3, -0.25) is 11.3 Å². The van der Waals surface area contributed by atoms with Crippen molar-refractivity contribution in [3.63, 3.8) is 0 Å². The molecule has 0 aliphatic rings. The molecular formula is C13H22N2O3. The lowest BCUT2D eigenvalue weighted by atomic mass is 10.1. The molecule has 1 unspecified atom stereocenters. The smallest absolute Gasteiger partial charge is 0.127 e. The Labute approximate surface area is 108 Å². The van der Waals surface area contributed by atoms with E-state index < -0.39 is 0 Å². The van der Waals surface area contributed by atoms with Gasteiger partial charge in [-0.2, -0.15) is 0 Å². The zero-order valence-electron chi connectivity index (χ0n) is 11.2. The van der Waals surface area contributed by atoms with Crippen LogP contribution in [0.2, 0.25) is 0 Å². The third-order valence-electron chi connectivity index (χ3n) is 2.65. The van der Waals surface area contributed by atoms with Gasteiger partial charge in [0.2, 0.25) is 0 Å². The van der Waals surface area contributed by atoms with Gasteiger partial charge in [-0.15, -0.1) is 0 Å². The summed E-state index contributed by atoms with van der Waals surface area (Å²) in [5, 5.41) is 0. The quantitative estimate of drug-likeness (QED) is 0.419. The Morgan fingerprint density at radius 1 is 1.28 bits per heavy atom. The predicted molar refractivity (Wildman–Crippen MR) is 70.7 cm³/mol. The van der Waals surface area contributed by atoms with Crippen LogP contribution in [0.5, 0.6) is 11.5 Å². The molecule has 5 heteroatoms. The fourth-order valence-corrected chi connectivity index (χ4v) is 1.68. The van der Waals surface area contributed by atoms with Crippen LogP contribution < -0.4 is 20.7 Å². The molecule has 0 saturated carbocycles. The highest BCUT2D eigenvalue weighted by Crippen LogP contribution is 2.29. The zero-order valence-corrected chi connectivity index (χ0v) is 11.2. The van der Waals surface area contributed by atoms with E-state index >= 15 is 0 Å². The molecule has 0 bridgehead atoms. The van der Waals surface area contributed by atoms with Crippen LogP contribution in [0.25, 0.3) is 0 Å². The van der Waals surface area contributed by atoms with Crippen LogP contribution in [0.3, 0.4) is 0 Å². The van der Waals surface area contributed by atoms with Crippen LogP contribution in [-0.4, -0.2) is 27.4 Å². The fourth-order valence-electron chi connectivity index (χ4n) is 1.68. The van der Waals surface area contributed by atoms with Crippen LogP contribution in [0.1, 0.15) is 24.9 Å². The van der Waals surface area contributed by atoms with Gasteiger partial charge in [0.1, 0.15) is 11.5 Å². The fraction of sp³-hybridized carbons (Fsp3) is 0.538. The molecule has 0 saturated heterocycles. The van der Waals surface area contributed by atoms with Crippen LogP contribution in [-0.2, 0) is 4.74 Å². The molecule has 0 fully saturated rings. The highest BCUT2D eigenvalue weighted by Gasteiger charge is 2.15. The summed E-state index contributed by atoms with van der Waals surface area (Å²) in [7, 11) is 3.25. The molecular weight excluding hydrogens is 232 g/mol. The lowest BCUT2D eigenvalue weighted by Crippen LogP contribution is -2.31. The number of ether oxygens (including phenoxy) is 3. The highest BCUT2D eigenvalue weighted by molar-refractivity contribution is 5.42. The summed E-state index contributed by atoms with van der Waals surface area (Å²) in [5.74, 6) is 7.05. The summed E-state index contributed by atoms with van der Waals surface area (Å²) in [6.07, 6.45) is 0.983. The molecule has 0 aliphatic carbocycles. The molecule has 3 N–H and O–H groups in total. The summed E-state index contributed by atoms with van der Waals surface area (Å²) in [6.45, 7) is 3.29. The van der Waals surface area contributed by atoms with E-state index in [9.17, 15) is 0 Å². The average Bonchev–Trinajstić information content (AvgIpc) is 2.43. The van der Waals surface area contributed by atoms with Gasteiger partial charge in [0.25, 0.3) is 0 Å². The normalized spacial score (nSPS) is 12.2. The topological polar surface area (TPSA) is 65.7 Å². The first-order valence-electron chi connectivity index (χ1n) is 6.02. The Morgan fingerprint density at radius 3 is 2.61 bits per heavy atom. The summed E-state index contributed by atoms with van der Waals surface area (Å²) >= 11 is 0. The number of rotatable bonds is 8. The molecule has 0 amide bonds. The first-order chi connectivity index (χ1) is 8.76. The minimum Gasteiger partial charge on any atom is -0.497 e. The van der Waals surface area contributed by atoms with E-state index in [1.54, 1.807) is 14.2 Å². The van der Waals surface area contributed by atoms with E-state index in [-0.39, 0.29) is 6.04 Å². The van der Waals surface area contributed by atoms with Crippen molar-refractivity contribution in [2.75, 3.05) is 27.4 Å². The van der Waals surface area contributed by atoms with Gasteiger partial charge in [0.15, 0.2) is 0 Å². The molecule has 0 spiro atoms. The SMILES string of the molecule is CCCOCC(NN)c1ccc(OC)cc1OC. The van der Waals surface area contributed by atoms with Crippen molar-refractivity contribution < 1.29 is 14.2 Å². The Kier molecular flexibility index (Phi) is 6.49. The van der Waals surface area contributed by atoms with E-state index in [4.69, 9.17) is 20.1 Å². The van der Waals surface area contributed by atoms with Gasteiger partial charge in [-0.05, 0) is 18.6 Å². The largest absolute Gasteiger partial charge is 0.497 e. The Hall–Kier alpha value is -1.30. The Balaban J connectivity index is 2.83. The number of benzene rings is 1. The van der Waals surface area contributed by atoms with Crippen LogP contribution in [0, 0.1) is 0 Å². The third-order valence-corrected chi connectivity index (χ3v) is 2.65. The van der Waals surface area contributed by atoms with Gasteiger partial charge in [-0.1, -0.05) is 6.92 Å². The summed E-state index contributed by atoms with van der Waals surface area (Å²) < 4.78 is 16.0. The van der Waals surface area contributed by atoms with Crippen LogP contribution >= 0.6 is 0 Å². The molecule has 102 valence electrons. The van der Waals surface area contributed by atoms with Crippen molar-refractivity contribution in [3.8, 4) is 11.5 Å². The standard InChI is InChI=1S/C13H22N2O3/c1-4-7-18-9-12(15-14)11-6-5-10(16-2)8-13(11)17-3/h5-6,8,12,15H,4,7,9,14H2,1-3H3. The maximum absolute atomic E-state index is 5.56. The lowest BCUT2D eigenvalue weighted by Gasteiger charge is -2.19. The van der Waals surface area contributed by atoms with Gasteiger partial charge in [-0.25, -0.2) is 0 Å². The monoisotopic (exact) mass is 254 g/mol. The van der Waals surface area contributed by atoms with Gasteiger partial charge in [0, 0.05) is 18.2 Å². The number of hydrogen-bond acceptors (Lipinski definition) is 5. The molecule has 0 aliphatic heterocycles.